The zero-order valence-electron chi connectivity index (χ0n) is 13.5. The van der Waals surface area contributed by atoms with Gasteiger partial charge in [-0.1, -0.05) is 12.8 Å². The number of nitrogens with zero attached hydrogens (tertiary/aromatic N) is 4. The molecular formula is C17H25N5S. The third kappa shape index (κ3) is 3.43. The minimum absolute atomic E-state index is 0.524. The van der Waals surface area contributed by atoms with E-state index in [1.54, 1.807) is 11.3 Å². The summed E-state index contributed by atoms with van der Waals surface area (Å²) in [5, 5.41) is 11.7. The van der Waals surface area contributed by atoms with Gasteiger partial charge in [0.15, 0.2) is 5.13 Å². The first-order valence-electron chi connectivity index (χ1n) is 8.80. The van der Waals surface area contributed by atoms with E-state index in [1.807, 2.05) is 18.5 Å². The van der Waals surface area contributed by atoms with Crippen LogP contribution in [0.2, 0.25) is 0 Å². The summed E-state index contributed by atoms with van der Waals surface area (Å²) in [5.41, 5.74) is 0. The predicted octanol–water partition coefficient (Wildman–Crippen LogP) is 3.08. The van der Waals surface area contributed by atoms with Crippen LogP contribution >= 0.6 is 11.3 Å². The van der Waals surface area contributed by atoms with E-state index in [2.05, 4.69) is 36.6 Å². The maximum absolute atomic E-state index is 4.49. The Labute approximate surface area is 141 Å². The van der Waals surface area contributed by atoms with Crippen LogP contribution < -0.4 is 10.2 Å². The average Bonchev–Trinajstić information content (AvgIpc) is 3.30. The Hall–Kier alpha value is -1.40. The predicted molar refractivity (Wildman–Crippen MR) is 94.0 cm³/mol. The van der Waals surface area contributed by atoms with Crippen LogP contribution in [-0.2, 0) is 0 Å². The van der Waals surface area contributed by atoms with E-state index in [-0.39, 0.29) is 0 Å². The Kier molecular flexibility index (Phi) is 4.62. The highest BCUT2D eigenvalue weighted by Crippen LogP contribution is 2.30. The molecule has 124 valence electrons. The summed E-state index contributed by atoms with van der Waals surface area (Å²) in [5.74, 6) is 0. The van der Waals surface area contributed by atoms with Crippen molar-refractivity contribution in [2.24, 2.45) is 0 Å². The maximum Gasteiger partial charge on any atom is 0.185 e. The number of hydrogen-bond acceptors (Lipinski definition) is 5. The van der Waals surface area contributed by atoms with Crippen molar-refractivity contribution in [1.29, 1.82) is 0 Å². The van der Waals surface area contributed by atoms with E-state index < -0.39 is 0 Å². The summed E-state index contributed by atoms with van der Waals surface area (Å²) in [6.45, 7) is 2.23. The molecule has 1 aliphatic carbocycles. The fourth-order valence-corrected chi connectivity index (χ4v) is 4.71. The molecule has 2 aromatic rings. The van der Waals surface area contributed by atoms with E-state index in [1.165, 1.54) is 43.7 Å². The summed E-state index contributed by atoms with van der Waals surface area (Å²) < 4.78 is 2.17. The fraction of sp³-hybridized carbons (Fsp3) is 0.647. The van der Waals surface area contributed by atoms with Crippen molar-refractivity contribution in [3.8, 4) is 0 Å². The van der Waals surface area contributed by atoms with Gasteiger partial charge in [0.2, 0.25) is 0 Å². The molecule has 2 aliphatic rings. The Bertz CT molecular complexity index is 574. The highest BCUT2D eigenvalue weighted by molar-refractivity contribution is 7.13. The Morgan fingerprint density at radius 2 is 1.96 bits per heavy atom. The lowest BCUT2D eigenvalue weighted by Crippen LogP contribution is -2.49. The normalized spacial score (nSPS) is 26.5. The smallest absolute Gasteiger partial charge is 0.185 e. The molecule has 23 heavy (non-hydrogen) atoms. The third-order valence-corrected chi connectivity index (χ3v) is 6.06. The van der Waals surface area contributed by atoms with Gasteiger partial charge in [-0.05, 0) is 31.7 Å². The standard InChI is InChI=1S/C17H25N5S/c1-2-5-16(22-10-3-8-19-22)15(4-1)20-14-6-11-21(12-7-14)17-18-9-13-23-17/h3,8-10,13-16,20H,1-2,4-7,11-12H2/t15-,16-/m0/s1. The van der Waals surface area contributed by atoms with Crippen molar-refractivity contribution < 1.29 is 0 Å². The van der Waals surface area contributed by atoms with Crippen LogP contribution in [0.1, 0.15) is 44.6 Å². The molecule has 4 rings (SSSR count). The molecular weight excluding hydrogens is 306 g/mol. The molecule has 1 N–H and O–H groups in total. The summed E-state index contributed by atoms with van der Waals surface area (Å²) in [7, 11) is 0. The third-order valence-electron chi connectivity index (χ3n) is 5.23. The molecule has 2 fully saturated rings. The highest BCUT2D eigenvalue weighted by atomic mass is 32.1. The van der Waals surface area contributed by atoms with Gasteiger partial charge in [0, 0.05) is 49.1 Å². The number of thiazole rings is 1. The van der Waals surface area contributed by atoms with Crippen molar-refractivity contribution in [2.45, 2.75) is 56.7 Å². The molecule has 0 bridgehead atoms. The largest absolute Gasteiger partial charge is 0.348 e. The van der Waals surface area contributed by atoms with Crippen LogP contribution in [0.4, 0.5) is 5.13 Å². The number of anilines is 1. The van der Waals surface area contributed by atoms with Gasteiger partial charge in [-0.25, -0.2) is 4.98 Å². The minimum atomic E-state index is 0.524. The molecule has 1 saturated carbocycles. The summed E-state index contributed by atoms with van der Waals surface area (Å²) >= 11 is 1.75. The molecule has 0 spiro atoms. The van der Waals surface area contributed by atoms with Gasteiger partial charge in [0.05, 0.1) is 6.04 Å². The number of hydrogen-bond donors (Lipinski definition) is 1. The molecule has 1 aliphatic heterocycles. The van der Waals surface area contributed by atoms with Crippen molar-refractivity contribution in [2.75, 3.05) is 18.0 Å². The van der Waals surface area contributed by atoms with E-state index in [4.69, 9.17) is 0 Å². The van der Waals surface area contributed by atoms with E-state index >= 15 is 0 Å². The van der Waals surface area contributed by atoms with Gasteiger partial charge >= 0.3 is 0 Å². The van der Waals surface area contributed by atoms with Gasteiger partial charge < -0.3 is 10.2 Å². The monoisotopic (exact) mass is 331 g/mol. The van der Waals surface area contributed by atoms with Crippen LogP contribution in [0.5, 0.6) is 0 Å². The highest BCUT2D eigenvalue weighted by Gasteiger charge is 2.30. The minimum Gasteiger partial charge on any atom is -0.348 e. The van der Waals surface area contributed by atoms with Crippen LogP contribution in [0.3, 0.4) is 0 Å². The van der Waals surface area contributed by atoms with Gasteiger partial charge in [-0.15, -0.1) is 11.3 Å². The number of nitrogens with one attached hydrogen (secondary N) is 1. The van der Waals surface area contributed by atoms with Crippen LogP contribution in [0, 0.1) is 0 Å². The molecule has 1 saturated heterocycles. The SMILES string of the molecule is c1cnn([C@H]2CCCC[C@@H]2NC2CCN(c3nccs3)CC2)c1. The van der Waals surface area contributed by atoms with Crippen molar-refractivity contribution in [3.63, 3.8) is 0 Å². The first kappa shape index (κ1) is 15.1. The second kappa shape index (κ2) is 7.01. The lowest BCUT2D eigenvalue weighted by atomic mass is 9.89. The number of piperidine rings is 1. The molecule has 0 amide bonds. The second-order valence-corrected chi connectivity index (χ2v) is 7.56. The first-order chi connectivity index (χ1) is 11.4. The topological polar surface area (TPSA) is 46.0 Å². The van der Waals surface area contributed by atoms with Crippen LogP contribution in [-0.4, -0.2) is 39.9 Å². The van der Waals surface area contributed by atoms with E-state index in [9.17, 15) is 0 Å². The second-order valence-electron chi connectivity index (χ2n) is 6.69. The van der Waals surface area contributed by atoms with Gasteiger partial charge in [0.25, 0.3) is 0 Å². The van der Waals surface area contributed by atoms with Crippen LogP contribution in [0.25, 0.3) is 0 Å². The lowest BCUT2D eigenvalue weighted by molar-refractivity contribution is 0.219. The lowest BCUT2D eigenvalue weighted by Gasteiger charge is -2.38. The van der Waals surface area contributed by atoms with Crippen LogP contribution in [0.15, 0.2) is 30.0 Å². The Morgan fingerprint density at radius 3 is 2.70 bits per heavy atom. The van der Waals surface area contributed by atoms with Gasteiger partial charge in [-0.3, -0.25) is 4.68 Å². The van der Waals surface area contributed by atoms with Crippen molar-refractivity contribution >= 4 is 16.5 Å². The van der Waals surface area contributed by atoms with E-state index in [0.29, 0.717) is 18.1 Å². The van der Waals surface area contributed by atoms with Crippen molar-refractivity contribution in [3.05, 3.63) is 30.0 Å². The van der Waals surface area contributed by atoms with Crippen molar-refractivity contribution in [1.82, 2.24) is 20.1 Å². The number of aromatic nitrogens is 3. The quantitative estimate of drug-likeness (QED) is 0.935. The molecule has 0 aromatic carbocycles. The molecule has 3 heterocycles. The molecule has 5 nitrogen and oxygen atoms in total. The Balaban J connectivity index is 1.34. The summed E-state index contributed by atoms with van der Waals surface area (Å²) in [6, 6.07) is 3.77. The fourth-order valence-electron chi connectivity index (χ4n) is 4.01. The maximum atomic E-state index is 4.49. The zero-order chi connectivity index (χ0) is 15.5. The first-order valence-corrected chi connectivity index (χ1v) is 9.68. The van der Waals surface area contributed by atoms with E-state index in [0.717, 1.165) is 13.1 Å². The number of rotatable bonds is 4. The Morgan fingerprint density at radius 1 is 1.09 bits per heavy atom. The molecule has 0 unspecified atom stereocenters. The summed E-state index contributed by atoms with van der Waals surface area (Å²) in [4.78, 5) is 6.86. The molecule has 2 atom stereocenters. The zero-order valence-corrected chi connectivity index (χ0v) is 14.3. The van der Waals surface area contributed by atoms with Gasteiger partial charge in [-0.2, -0.15) is 5.10 Å². The van der Waals surface area contributed by atoms with Gasteiger partial charge in [0.1, 0.15) is 0 Å². The molecule has 0 radical (unpaired) electrons. The molecule has 2 aromatic heterocycles. The average molecular weight is 331 g/mol. The summed E-state index contributed by atoms with van der Waals surface area (Å²) in [6.07, 6.45) is 13.5. The molecule has 6 heteroatoms.